The molecule has 2 aliphatic heterocycles. The molecule has 0 aromatic heterocycles. The van der Waals surface area contributed by atoms with Gasteiger partial charge in [0.15, 0.2) is 11.5 Å². The van der Waals surface area contributed by atoms with Crippen LogP contribution in [-0.4, -0.2) is 31.6 Å². The number of cyclic esters (lactones) is 1. The topological polar surface area (TPSA) is 83.5 Å². The molecule has 0 radical (unpaired) electrons. The molecular formula is C29H28O7. The second-order valence-corrected chi connectivity index (χ2v) is 8.71. The minimum atomic E-state index is -1.94. The summed E-state index contributed by atoms with van der Waals surface area (Å²) in [6, 6.07) is 19.8. The Morgan fingerprint density at radius 1 is 0.944 bits per heavy atom. The molecule has 1 N–H and O–H groups in total. The summed E-state index contributed by atoms with van der Waals surface area (Å²) in [6.07, 6.45) is 2.34. The lowest BCUT2D eigenvalue weighted by Crippen LogP contribution is -2.29. The predicted octanol–water partition coefficient (Wildman–Crippen LogP) is 5.00. The molecular weight excluding hydrogens is 460 g/mol. The van der Waals surface area contributed by atoms with Gasteiger partial charge < -0.3 is 28.8 Å². The number of carbonyl (C=O) groups excluding carboxylic acids is 1. The predicted molar refractivity (Wildman–Crippen MR) is 133 cm³/mol. The van der Waals surface area contributed by atoms with Gasteiger partial charge in [0, 0.05) is 17.6 Å². The van der Waals surface area contributed by atoms with E-state index in [1.165, 1.54) is 0 Å². The molecule has 36 heavy (non-hydrogen) atoms. The van der Waals surface area contributed by atoms with Crippen LogP contribution in [0.2, 0.25) is 0 Å². The zero-order valence-corrected chi connectivity index (χ0v) is 20.3. The molecule has 1 atom stereocenters. The Morgan fingerprint density at radius 3 is 2.39 bits per heavy atom. The van der Waals surface area contributed by atoms with Crippen molar-refractivity contribution in [2.45, 2.75) is 32.0 Å². The molecule has 7 heteroatoms. The molecule has 5 rings (SSSR count). The van der Waals surface area contributed by atoms with Gasteiger partial charge >= 0.3 is 5.97 Å². The van der Waals surface area contributed by atoms with Crippen LogP contribution in [0, 0.1) is 0 Å². The van der Waals surface area contributed by atoms with Gasteiger partial charge in [-0.05, 0) is 66.1 Å². The molecule has 186 valence electrons. The van der Waals surface area contributed by atoms with E-state index in [-0.39, 0.29) is 13.2 Å². The van der Waals surface area contributed by atoms with Crippen LogP contribution < -0.4 is 18.9 Å². The van der Waals surface area contributed by atoms with Crippen LogP contribution in [0.1, 0.15) is 36.5 Å². The SMILES string of the molecule is CCCCOc1ccc(CC2=C(c3ccc4c(c3)OCO4)C(=O)OC2(O)c2ccc(OC)cc2)cc1. The summed E-state index contributed by atoms with van der Waals surface area (Å²) < 4.78 is 27.6. The average molecular weight is 489 g/mol. The van der Waals surface area contributed by atoms with Crippen molar-refractivity contribution in [2.75, 3.05) is 20.5 Å². The molecule has 0 fully saturated rings. The van der Waals surface area contributed by atoms with Crippen molar-refractivity contribution in [3.05, 3.63) is 89.0 Å². The number of ether oxygens (including phenoxy) is 5. The Balaban J connectivity index is 1.55. The van der Waals surface area contributed by atoms with E-state index in [4.69, 9.17) is 23.7 Å². The molecule has 0 saturated heterocycles. The van der Waals surface area contributed by atoms with Crippen LogP contribution in [-0.2, 0) is 21.7 Å². The van der Waals surface area contributed by atoms with Crippen molar-refractivity contribution in [1.29, 1.82) is 0 Å². The van der Waals surface area contributed by atoms with Crippen molar-refractivity contribution >= 4 is 11.5 Å². The molecule has 2 aliphatic rings. The highest BCUT2D eigenvalue weighted by Gasteiger charge is 2.48. The van der Waals surface area contributed by atoms with E-state index in [0.717, 1.165) is 24.2 Å². The van der Waals surface area contributed by atoms with Crippen molar-refractivity contribution in [3.8, 4) is 23.0 Å². The number of carbonyl (C=O) groups is 1. The van der Waals surface area contributed by atoms with Crippen molar-refractivity contribution in [1.82, 2.24) is 0 Å². The molecule has 0 spiro atoms. The highest BCUT2D eigenvalue weighted by molar-refractivity contribution is 6.20. The van der Waals surface area contributed by atoms with E-state index < -0.39 is 11.8 Å². The van der Waals surface area contributed by atoms with Gasteiger partial charge in [-0.1, -0.05) is 31.5 Å². The summed E-state index contributed by atoms with van der Waals surface area (Å²) in [4.78, 5) is 13.2. The monoisotopic (exact) mass is 488 g/mol. The first-order valence-electron chi connectivity index (χ1n) is 12.0. The summed E-state index contributed by atoms with van der Waals surface area (Å²) in [5, 5.41) is 11.8. The van der Waals surface area contributed by atoms with E-state index in [0.29, 0.717) is 46.1 Å². The lowest BCUT2D eigenvalue weighted by atomic mass is 9.88. The van der Waals surface area contributed by atoms with Gasteiger partial charge in [0.1, 0.15) is 11.5 Å². The molecule has 0 aliphatic carbocycles. The van der Waals surface area contributed by atoms with Crippen molar-refractivity contribution in [2.24, 2.45) is 0 Å². The van der Waals surface area contributed by atoms with Gasteiger partial charge in [-0.15, -0.1) is 0 Å². The van der Waals surface area contributed by atoms with Crippen molar-refractivity contribution in [3.63, 3.8) is 0 Å². The maximum atomic E-state index is 13.2. The lowest BCUT2D eigenvalue weighted by molar-refractivity contribution is -0.185. The number of aliphatic hydroxyl groups is 1. The fourth-order valence-corrected chi connectivity index (χ4v) is 4.38. The quantitative estimate of drug-likeness (QED) is 0.335. The van der Waals surface area contributed by atoms with Gasteiger partial charge in [0.25, 0.3) is 5.79 Å². The maximum Gasteiger partial charge on any atom is 0.342 e. The summed E-state index contributed by atoms with van der Waals surface area (Å²) in [5.74, 6) is 0.0117. The molecule has 3 aromatic rings. The van der Waals surface area contributed by atoms with Crippen LogP contribution in [0.15, 0.2) is 72.3 Å². The lowest BCUT2D eigenvalue weighted by Gasteiger charge is -2.26. The highest BCUT2D eigenvalue weighted by Crippen LogP contribution is 2.46. The summed E-state index contributed by atoms with van der Waals surface area (Å²) in [5.41, 5.74) is 2.66. The number of benzene rings is 3. The molecule has 3 aromatic carbocycles. The molecule has 1 unspecified atom stereocenters. The first-order valence-corrected chi connectivity index (χ1v) is 12.0. The van der Waals surface area contributed by atoms with Crippen molar-refractivity contribution < 1.29 is 33.6 Å². The third-order valence-corrected chi connectivity index (χ3v) is 6.37. The minimum Gasteiger partial charge on any atom is -0.497 e. The fourth-order valence-electron chi connectivity index (χ4n) is 4.38. The van der Waals surface area contributed by atoms with Gasteiger partial charge in [0.05, 0.1) is 19.3 Å². The van der Waals surface area contributed by atoms with Crippen LogP contribution in [0.25, 0.3) is 5.57 Å². The number of fused-ring (bicyclic) bond motifs is 1. The van der Waals surface area contributed by atoms with E-state index in [9.17, 15) is 9.90 Å². The van der Waals surface area contributed by atoms with E-state index in [2.05, 4.69) is 6.92 Å². The second-order valence-electron chi connectivity index (χ2n) is 8.71. The number of hydrogen-bond donors (Lipinski definition) is 1. The molecule has 0 bridgehead atoms. The zero-order chi connectivity index (χ0) is 25.1. The Kier molecular flexibility index (Phi) is 6.57. The van der Waals surface area contributed by atoms with E-state index >= 15 is 0 Å². The van der Waals surface area contributed by atoms with Gasteiger partial charge in [-0.25, -0.2) is 4.79 Å². The van der Waals surface area contributed by atoms with Gasteiger partial charge in [-0.2, -0.15) is 0 Å². The number of methoxy groups -OCH3 is 1. The first-order chi connectivity index (χ1) is 17.5. The van der Waals surface area contributed by atoms with Crippen LogP contribution >= 0.6 is 0 Å². The summed E-state index contributed by atoms with van der Waals surface area (Å²) in [7, 11) is 1.57. The number of rotatable bonds is 9. The average Bonchev–Trinajstić information content (AvgIpc) is 3.47. The standard InChI is InChI=1S/C29H28O7/c1-3-4-15-33-23-10-5-19(6-11-23)16-24-27(20-7-14-25-26(17-20)35-18-34-25)28(30)36-29(24,31)21-8-12-22(32-2)13-9-21/h5-14,17,31H,3-4,15-16,18H2,1-2H3. The number of unbranched alkanes of at least 4 members (excludes halogenated alkanes) is 1. The van der Waals surface area contributed by atoms with Gasteiger partial charge in [-0.3, -0.25) is 0 Å². The largest absolute Gasteiger partial charge is 0.497 e. The Labute approximate surface area is 209 Å². The number of hydrogen-bond acceptors (Lipinski definition) is 7. The van der Waals surface area contributed by atoms with Crippen LogP contribution in [0.5, 0.6) is 23.0 Å². The second kappa shape index (κ2) is 9.95. The van der Waals surface area contributed by atoms with Crippen LogP contribution in [0.4, 0.5) is 0 Å². The molecule has 0 amide bonds. The Hall–Kier alpha value is -3.97. The smallest absolute Gasteiger partial charge is 0.342 e. The highest BCUT2D eigenvalue weighted by atomic mass is 16.7. The Morgan fingerprint density at radius 2 is 1.67 bits per heavy atom. The van der Waals surface area contributed by atoms with E-state index in [1.807, 2.05) is 24.3 Å². The maximum absolute atomic E-state index is 13.2. The fraction of sp³-hybridized carbons (Fsp3) is 0.276. The summed E-state index contributed by atoms with van der Waals surface area (Å²) in [6.45, 7) is 2.90. The summed E-state index contributed by atoms with van der Waals surface area (Å²) >= 11 is 0. The Bertz CT molecular complexity index is 1280. The van der Waals surface area contributed by atoms with E-state index in [1.54, 1.807) is 49.6 Å². The molecule has 0 saturated carbocycles. The zero-order valence-electron chi connectivity index (χ0n) is 20.3. The molecule has 7 nitrogen and oxygen atoms in total. The third kappa shape index (κ3) is 4.50. The minimum absolute atomic E-state index is 0.123. The first kappa shape index (κ1) is 23.8. The van der Waals surface area contributed by atoms with Gasteiger partial charge in [0.2, 0.25) is 6.79 Å². The number of esters is 1. The third-order valence-electron chi connectivity index (χ3n) is 6.37. The normalized spacial score (nSPS) is 18.4. The molecule has 2 heterocycles. The van der Waals surface area contributed by atoms with Crippen LogP contribution in [0.3, 0.4) is 0 Å².